The van der Waals surface area contributed by atoms with Gasteiger partial charge >= 0.3 is 29.6 Å². The monoisotopic (exact) mass is 310 g/mol. The van der Waals surface area contributed by atoms with Crippen molar-refractivity contribution in [2.75, 3.05) is 0 Å². The fourth-order valence-electron chi connectivity index (χ4n) is 2.05. The summed E-state index contributed by atoms with van der Waals surface area (Å²) in [5.41, 5.74) is -0.0793. The van der Waals surface area contributed by atoms with Crippen molar-refractivity contribution in [2.24, 2.45) is 0 Å². The predicted molar refractivity (Wildman–Crippen MR) is 81.7 cm³/mol. The molecule has 3 rings (SSSR count). The molecule has 4 N–H and O–H groups in total. The molecule has 0 unspecified atom stereocenters. The van der Waals surface area contributed by atoms with Gasteiger partial charge in [0.2, 0.25) is 5.75 Å². The van der Waals surface area contributed by atoms with Gasteiger partial charge in [0.25, 0.3) is 0 Å². The van der Waals surface area contributed by atoms with Crippen LogP contribution in [0.3, 0.4) is 0 Å². The van der Waals surface area contributed by atoms with Crippen LogP contribution in [0.2, 0.25) is 0 Å². The predicted octanol–water partition coefficient (Wildman–Crippen LogP) is 1.63. The first kappa shape index (κ1) is 16.2. The van der Waals surface area contributed by atoms with Crippen LogP contribution in [0.1, 0.15) is 0 Å². The maximum atomic E-state index is 12.1. The Balaban J connectivity index is 0.00000176. The molecule has 0 fully saturated rings. The Morgan fingerprint density at radius 1 is 0.864 bits per heavy atom. The van der Waals surface area contributed by atoms with Gasteiger partial charge in [-0.2, -0.15) is 0 Å². The Bertz CT molecular complexity index is 899. The zero-order valence-corrected chi connectivity index (χ0v) is 10.6. The van der Waals surface area contributed by atoms with E-state index in [-0.39, 0.29) is 52.0 Å². The van der Waals surface area contributed by atoms with E-state index in [1.54, 1.807) is 12.1 Å². The van der Waals surface area contributed by atoms with Crippen LogP contribution in [0.25, 0.3) is 22.3 Å². The van der Waals surface area contributed by atoms with Gasteiger partial charge in [-0.25, -0.2) is 0 Å². The number of hydrogen-bond donors (Lipinski definition) is 4. The van der Waals surface area contributed by atoms with Crippen molar-refractivity contribution in [3.8, 4) is 34.3 Å². The van der Waals surface area contributed by atoms with E-state index in [9.17, 15) is 25.2 Å². The van der Waals surface area contributed by atoms with Gasteiger partial charge in [-0.15, -0.1) is 0 Å². The second kappa shape index (κ2) is 5.92. The SMILES string of the molecule is O=c1cc(-c2ccc(O)cc2)oc2cc(O)c(O)c(O)c12.[NaH]. The van der Waals surface area contributed by atoms with Crippen LogP contribution in [0.4, 0.5) is 0 Å². The van der Waals surface area contributed by atoms with E-state index in [0.29, 0.717) is 5.56 Å². The minimum absolute atomic E-state index is 0. The first-order valence-electron chi connectivity index (χ1n) is 5.98. The molecule has 0 atom stereocenters. The average molecular weight is 310 g/mol. The van der Waals surface area contributed by atoms with Crippen LogP contribution in [-0.2, 0) is 0 Å². The number of aromatic hydroxyl groups is 4. The van der Waals surface area contributed by atoms with E-state index in [0.717, 1.165) is 12.1 Å². The van der Waals surface area contributed by atoms with Crippen LogP contribution in [0, 0.1) is 0 Å². The van der Waals surface area contributed by atoms with Crippen LogP contribution < -0.4 is 5.43 Å². The van der Waals surface area contributed by atoms with Gasteiger partial charge in [0.1, 0.15) is 22.5 Å². The zero-order valence-electron chi connectivity index (χ0n) is 10.6. The molecule has 1 heterocycles. The molecule has 0 bridgehead atoms. The molecule has 0 aliphatic rings. The second-order valence-electron chi connectivity index (χ2n) is 4.49. The molecule has 7 heteroatoms. The van der Waals surface area contributed by atoms with Crippen molar-refractivity contribution < 1.29 is 24.8 Å². The molecule has 2 aromatic carbocycles. The van der Waals surface area contributed by atoms with Crippen molar-refractivity contribution in [3.05, 3.63) is 46.6 Å². The molecule has 0 aliphatic heterocycles. The summed E-state index contributed by atoms with van der Waals surface area (Å²) in [4.78, 5) is 12.1. The molecular weight excluding hydrogens is 299 g/mol. The third kappa shape index (κ3) is 2.64. The number of hydrogen-bond acceptors (Lipinski definition) is 6. The fourth-order valence-corrected chi connectivity index (χ4v) is 2.05. The van der Waals surface area contributed by atoms with Gasteiger partial charge in [-0.05, 0) is 24.3 Å². The molecule has 22 heavy (non-hydrogen) atoms. The van der Waals surface area contributed by atoms with Gasteiger partial charge < -0.3 is 24.8 Å². The average Bonchev–Trinajstić information content (AvgIpc) is 2.45. The number of phenolic OH excluding ortho intramolecular Hbond substituents is 4. The van der Waals surface area contributed by atoms with E-state index in [1.165, 1.54) is 12.1 Å². The molecule has 0 saturated carbocycles. The summed E-state index contributed by atoms with van der Waals surface area (Å²) < 4.78 is 5.47. The van der Waals surface area contributed by atoms with Crippen LogP contribution in [0.15, 0.2) is 45.6 Å². The Morgan fingerprint density at radius 3 is 2.14 bits per heavy atom. The van der Waals surface area contributed by atoms with Gasteiger partial charge in [-0.1, -0.05) is 0 Å². The third-order valence-corrected chi connectivity index (χ3v) is 3.10. The van der Waals surface area contributed by atoms with Crippen molar-refractivity contribution in [3.63, 3.8) is 0 Å². The molecule has 0 radical (unpaired) electrons. The quantitative estimate of drug-likeness (QED) is 0.401. The minimum atomic E-state index is -0.771. The summed E-state index contributed by atoms with van der Waals surface area (Å²) in [5.74, 6) is -1.81. The number of rotatable bonds is 1. The standard InChI is InChI=1S/C15H10O6.Na.H/c16-8-3-1-7(2-4-8)11-5-9(17)13-12(21-11)6-10(18)14(19)15(13)20;;/h1-6,16,18-20H;;. The van der Waals surface area contributed by atoms with Gasteiger partial charge in [0.05, 0.1) is 0 Å². The van der Waals surface area contributed by atoms with Gasteiger partial charge in [-0.3, -0.25) is 4.79 Å². The summed E-state index contributed by atoms with van der Waals surface area (Å²) in [7, 11) is 0. The maximum absolute atomic E-state index is 12.1. The molecule has 1 aromatic heterocycles. The van der Waals surface area contributed by atoms with Crippen LogP contribution >= 0.6 is 0 Å². The van der Waals surface area contributed by atoms with Crippen molar-refractivity contribution in [1.29, 1.82) is 0 Å². The Morgan fingerprint density at radius 2 is 1.50 bits per heavy atom. The number of benzene rings is 2. The zero-order chi connectivity index (χ0) is 15.1. The molecular formula is C15H11NaO6. The molecule has 6 nitrogen and oxygen atoms in total. The number of phenols is 4. The fraction of sp³-hybridized carbons (Fsp3) is 0. The topological polar surface area (TPSA) is 111 Å². The molecule has 108 valence electrons. The Labute approximate surface area is 146 Å². The normalized spacial score (nSPS) is 10.4. The summed E-state index contributed by atoms with van der Waals surface area (Å²) in [5, 5.41) is 37.7. The summed E-state index contributed by atoms with van der Waals surface area (Å²) in [6.45, 7) is 0. The third-order valence-electron chi connectivity index (χ3n) is 3.10. The van der Waals surface area contributed by atoms with E-state index in [1.807, 2.05) is 0 Å². The molecule has 0 aliphatic carbocycles. The molecule has 0 saturated heterocycles. The summed E-state index contributed by atoms with van der Waals surface area (Å²) >= 11 is 0. The summed E-state index contributed by atoms with van der Waals surface area (Å²) in [6.07, 6.45) is 0. The molecule has 3 aromatic rings. The summed E-state index contributed by atoms with van der Waals surface area (Å²) in [6, 6.07) is 8.19. The molecule has 0 amide bonds. The van der Waals surface area contributed by atoms with Crippen molar-refractivity contribution >= 4 is 40.5 Å². The van der Waals surface area contributed by atoms with E-state index < -0.39 is 22.7 Å². The van der Waals surface area contributed by atoms with Crippen molar-refractivity contribution in [2.45, 2.75) is 0 Å². The van der Waals surface area contributed by atoms with E-state index in [2.05, 4.69) is 0 Å². The van der Waals surface area contributed by atoms with E-state index in [4.69, 9.17) is 4.42 Å². The van der Waals surface area contributed by atoms with Gasteiger partial charge in [0, 0.05) is 17.7 Å². The first-order chi connectivity index (χ1) is 9.97. The van der Waals surface area contributed by atoms with Crippen molar-refractivity contribution in [1.82, 2.24) is 0 Å². The first-order valence-corrected chi connectivity index (χ1v) is 5.98. The number of fused-ring (bicyclic) bond motifs is 1. The van der Waals surface area contributed by atoms with E-state index >= 15 is 0 Å². The van der Waals surface area contributed by atoms with Crippen LogP contribution in [-0.4, -0.2) is 50.0 Å². The Kier molecular flexibility index (Phi) is 4.37. The van der Waals surface area contributed by atoms with Gasteiger partial charge in [0.15, 0.2) is 16.9 Å². The Hall–Kier alpha value is -2.15. The van der Waals surface area contributed by atoms with Crippen LogP contribution in [0.5, 0.6) is 23.0 Å². The molecule has 0 spiro atoms. The second-order valence-corrected chi connectivity index (χ2v) is 4.49.